The Morgan fingerprint density at radius 2 is 1.97 bits per heavy atom. The van der Waals surface area contributed by atoms with Crippen LogP contribution in [0.15, 0.2) is 48.5 Å². The maximum absolute atomic E-state index is 14.4. The first-order valence-corrected chi connectivity index (χ1v) is 11.0. The number of carbonyl (C=O) groups is 1. The van der Waals surface area contributed by atoms with Gasteiger partial charge in [-0.2, -0.15) is 5.10 Å². The lowest BCUT2D eigenvalue weighted by molar-refractivity contribution is 0.0794. The minimum Gasteiger partial charge on any atom is -0.380 e. The normalized spacial score (nSPS) is 11.2. The van der Waals surface area contributed by atoms with Gasteiger partial charge in [0.1, 0.15) is 11.6 Å². The highest BCUT2D eigenvalue weighted by atomic mass is 32.1. The Morgan fingerprint density at radius 1 is 1.19 bits per heavy atom. The zero-order valence-corrected chi connectivity index (χ0v) is 18.6. The van der Waals surface area contributed by atoms with E-state index in [1.807, 2.05) is 12.1 Å². The van der Waals surface area contributed by atoms with Gasteiger partial charge in [-0.05, 0) is 55.3 Å². The van der Waals surface area contributed by atoms with Gasteiger partial charge in [-0.1, -0.05) is 6.07 Å². The molecule has 32 heavy (non-hydrogen) atoms. The van der Waals surface area contributed by atoms with E-state index in [0.29, 0.717) is 28.8 Å². The number of amides is 1. The molecule has 0 spiro atoms. The van der Waals surface area contributed by atoms with Gasteiger partial charge in [-0.25, -0.2) is 8.78 Å². The number of rotatable bonds is 8. The van der Waals surface area contributed by atoms with Gasteiger partial charge in [0.05, 0.1) is 17.2 Å². The summed E-state index contributed by atoms with van der Waals surface area (Å²) >= 11 is 1.29. The molecule has 1 amide bonds. The Hall–Kier alpha value is -3.10. The van der Waals surface area contributed by atoms with Crippen LogP contribution in [0.2, 0.25) is 0 Å². The number of H-pyrrole nitrogens is 1. The first-order chi connectivity index (χ1) is 15.5. The van der Waals surface area contributed by atoms with Crippen molar-refractivity contribution in [3.63, 3.8) is 0 Å². The van der Waals surface area contributed by atoms with Crippen molar-refractivity contribution in [1.82, 2.24) is 15.1 Å². The molecule has 0 aliphatic rings. The smallest absolute Gasteiger partial charge is 0.264 e. The van der Waals surface area contributed by atoms with Gasteiger partial charge in [-0.15, -0.1) is 11.3 Å². The number of hydrogen-bond donors (Lipinski definition) is 1. The van der Waals surface area contributed by atoms with Gasteiger partial charge in [-0.3, -0.25) is 9.89 Å². The fourth-order valence-corrected chi connectivity index (χ4v) is 4.88. The number of hydrogen-bond acceptors (Lipinski definition) is 4. The van der Waals surface area contributed by atoms with E-state index in [1.165, 1.54) is 36.6 Å². The number of fused-ring (bicyclic) bond motifs is 1. The standard InChI is InChI=1S/C24H23F2N3O2S/c1-29(12-4-5-17-13-20(28-27-17)15-8-10-16(25)11-9-15)24(30)23-18(14-31-2)22-19(26)6-3-7-21(22)32-23/h3,6-11,13H,4-5,12,14H2,1-2H3,(H,27,28). The molecule has 0 unspecified atom stereocenters. The van der Waals surface area contributed by atoms with E-state index in [0.717, 1.165) is 28.1 Å². The van der Waals surface area contributed by atoms with E-state index in [9.17, 15) is 13.6 Å². The van der Waals surface area contributed by atoms with Crippen LogP contribution in [0.3, 0.4) is 0 Å². The zero-order valence-electron chi connectivity index (χ0n) is 17.8. The number of ether oxygens (including phenoxy) is 1. The molecule has 0 saturated carbocycles. The molecule has 166 valence electrons. The van der Waals surface area contributed by atoms with E-state index < -0.39 is 0 Å². The zero-order chi connectivity index (χ0) is 22.7. The summed E-state index contributed by atoms with van der Waals surface area (Å²) < 4.78 is 33.5. The van der Waals surface area contributed by atoms with Crippen molar-refractivity contribution in [2.45, 2.75) is 19.4 Å². The van der Waals surface area contributed by atoms with Crippen LogP contribution >= 0.6 is 11.3 Å². The Balaban J connectivity index is 1.41. The van der Waals surface area contributed by atoms with Crippen LogP contribution in [0.4, 0.5) is 8.78 Å². The molecular weight excluding hydrogens is 432 g/mol. The average Bonchev–Trinajstić information content (AvgIpc) is 3.40. The molecule has 0 saturated heterocycles. The highest BCUT2D eigenvalue weighted by molar-refractivity contribution is 7.21. The van der Waals surface area contributed by atoms with E-state index in [4.69, 9.17) is 4.74 Å². The fourth-order valence-electron chi connectivity index (χ4n) is 3.66. The van der Waals surface area contributed by atoms with Crippen molar-refractivity contribution in [3.05, 3.63) is 76.3 Å². The minimum absolute atomic E-state index is 0.144. The quantitative estimate of drug-likeness (QED) is 0.386. The maximum Gasteiger partial charge on any atom is 0.264 e. The molecule has 0 aliphatic carbocycles. The third-order valence-corrected chi connectivity index (χ3v) is 6.49. The second kappa shape index (κ2) is 9.58. The Labute approximate surface area is 188 Å². The predicted octanol–water partition coefficient (Wildman–Crippen LogP) is 5.42. The molecule has 2 aromatic heterocycles. The number of thiophene rings is 1. The summed E-state index contributed by atoms with van der Waals surface area (Å²) in [5.74, 6) is -0.773. The molecule has 0 aliphatic heterocycles. The highest BCUT2D eigenvalue weighted by Crippen LogP contribution is 2.34. The number of nitrogens with one attached hydrogen (secondary N) is 1. The lowest BCUT2D eigenvalue weighted by Gasteiger charge is -2.17. The number of benzene rings is 2. The van der Waals surface area contributed by atoms with Crippen LogP contribution < -0.4 is 0 Å². The first kappa shape index (κ1) is 22.1. The number of aromatic nitrogens is 2. The van der Waals surface area contributed by atoms with Crippen LogP contribution in [-0.2, 0) is 17.8 Å². The lowest BCUT2D eigenvalue weighted by atomic mass is 10.1. The van der Waals surface area contributed by atoms with Crippen molar-refractivity contribution >= 4 is 27.3 Å². The van der Waals surface area contributed by atoms with E-state index >= 15 is 0 Å². The number of halogens is 2. The van der Waals surface area contributed by atoms with Crippen LogP contribution in [-0.4, -0.2) is 41.7 Å². The second-order valence-corrected chi connectivity index (χ2v) is 8.62. The molecule has 2 heterocycles. The largest absolute Gasteiger partial charge is 0.380 e. The first-order valence-electron chi connectivity index (χ1n) is 10.2. The van der Waals surface area contributed by atoms with Gasteiger partial charge in [0.25, 0.3) is 5.91 Å². The summed E-state index contributed by atoms with van der Waals surface area (Å²) in [5, 5.41) is 7.75. The molecule has 5 nitrogen and oxygen atoms in total. The Bertz CT molecular complexity index is 1230. The van der Waals surface area contributed by atoms with E-state index in [2.05, 4.69) is 10.2 Å². The van der Waals surface area contributed by atoms with Crippen molar-refractivity contribution < 1.29 is 18.3 Å². The molecule has 2 aromatic carbocycles. The molecule has 0 fully saturated rings. The van der Waals surface area contributed by atoms with Crippen LogP contribution in [0, 0.1) is 11.6 Å². The number of aromatic amines is 1. The van der Waals surface area contributed by atoms with Gasteiger partial charge in [0.2, 0.25) is 0 Å². The van der Waals surface area contributed by atoms with Crippen molar-refractivity contribution in [1.29, 1.82) is 0 Å². The monoisotopic (exact) mass is 455 g/mol. The number of carbonyl (C=O) groups excluding carboxylic acids is 1. The fraction of sp³-hybridized carbons (Fsp3) is 0.250. The molecule has 0 bridgehead atoms. The SMILES string of the molecule is COCc1c(C(=O)N(C)CCCc2cc(-c3ccc(F)cc3)n[nH]2)sc2cccc(F)c12. The van der Waals surface area contributed by atoms with Gasteiger partial charge in [0, 0.05) is 47.6 Å². The number of methoxy groups -OCH3 is 1. The summed E-state index contributed by atoms with van der Waals surface area (Å²) in [7, 11) is 3.28. The van der Waals surface area contributed by atoms with Crippen molar-refractivity contribution in [2.24, 2.45) is 0 Å². The third-order valence-electron chi connectivity index (χ3n) is 5.30. The highest BCUT2D eigenvalue weighted by Gasteiger charge is 2.23. The summed E-state index contributed by atoms with van der Waals surface area (Å²) in [6.45, 7) is 0.711. The van der Waals surface area contributed by atoms with Crippen LogP contribution in [0.5, 0.6) is 0 Å². The molecule has 4 rings (SSSR count). The molecular formula is C24H23F2N3O2S. The van der Waals surface area contributed by atoms with Crippen molar-refractivity contribution in [2.75, 3.05) is 20.7 Å². The van der Waals surface area contributed by atoms with Crippen molar-refractivity contribution in [3.8, 4) is 11.3 Å². The Kier molecular flexibility index (Phi) is 6.62. The van der Waals surface area contributed by atoms with E-state index in [-0.39, 0.29) is 24.1 Å². The Morgan fingerprint density at radius 3 is 2.72 bits per heavy atom. The maximum atomic E-state index is 14.4. The van der Waals surface area contributed by atoms with Crippen LogP contribution in [0.1, 0.15) is 27.3 Å². The van der Waals surface area contributed by atoms with E-state index in [1.54, 1.807) is 30.1 Å². The predicted molar refractivity (Wildman–Crippen MR) is 122 cm³/mol. The number of nitrogens with zero attached hydrogens (tertiary/aromatic N) is 2. The lowest BCUT2D eigenvalue weighted by Crippen LogP contribution is -2.28. The van der Waals surface area contributed by atoms with Crippen LogP contribution in [0.25, 0.3) is 21.3 Å². The van der Waals surface area contributed by atoms with Gasteiger partial charge in [0.15, 0.2) is 0 Å². The summed E-state index contributed by atoms with van der Waals surface area (Å²) in [5.41, 5.74) is 3.12. The second-order valence-electron chi connectivity index (χ2n) is 7.57. The summed E-state index contributed by atoms with van der Waals surface area (Å²) in [6.07, 6.45) is 1.43. The third kappa shape index (κ3) is 4.56. The number of aryl methyl sites for hydroxylation is 1. The topological polar surface area (TPSA) is 58.2 Å². The minimum atomic E-state index is -0.344. The molecule has 4 aromatic rings. The summed E-state index contributed by atoms with van der Waals surface area (Å²) in [4.78, 5) is 15.2. The molecule has 0 atom stereocenters. The molecule has 1 N–H and O–H groups in total. The van der Waals surface area contributed by atoms with Gasteiger partial charge < -0.3 is 9.64 Å². The summed E-state index contributed by atoms with van der Waals surface area (Å²) in [6, 6.07) is 13.0. The molecule has 0 radical (unpaired) electrons. The molecule has 8 heteroatoms. The van der Waals surface area contributed by atoms with Gasteiger partial charge >= 0.3 is 0 Å². The average molecular weight is 456 g/mol.